The van der Waals surface area contributed by atoms with Gasteiger partial charge in [-0.1, -0.05) is 442 Å². The van der Waals surface area contributed by atoms with Gasteiger partial charge in [-0.25, -0.2) is 0 Å². The SMILES string of the molecule is CCCCCCC/C=C\C/C=C\CCCCCCCCCCCCCCCCCCCCCCCCCCCCCCCC(=O)NC(CO)C(O)/C=C/CCCCCCCCCCCCCCCCCCCCCCCCCCCCCCCCC. The normalized spacial score (nSPS) is 12.7. The molecule has 86 heavy (non-hydrogen) atoms. The average molecular weight is 1210 g/mol. The molecule has 0 aliphatic carbocycles. The first-order chi connectivity index (χ1) is 42.7. The van der Waals surface area contributed by atoms with Crippen LogP contribution in [0.2, 0.25) is 0 Å². The van der Waals surface area contributed by atoms with Crippen LogP contribution >= 0.6 is 0 Å². The van der Waals surface area contributed by atoms with Crippen LogP contribution in [-0.4, -0.2) is 34.9 Å². The van der Waals surface area contributed by atoms with Gasteiger partial charge in [0.2, 0.25) is 5.91 Å². The Bertz CT molecular complexity index is 1320. The summed E-state index contributed by atoms with van der Waals surface area (Å²) in [7, 11) is 0. The molecule has 0 radical (unpaired) electrons. The summed E-state index contributed by atoms with van der Waals surface area (Å²) >= 11 is 0. The molecule has 0 rings (SSSR count). The van der Waals surface area contributed by atoms with Crippen LogP contribution in [0.4, 0.5) is 0 Å². The van der Waals surface area contributed by atoms with Gasteiger partial charge in [-0.15, -0.1) is 0 Å². The minimum Gasteiger partial charge on any atom is -0.394 e. The van der Waals surface area contributed by atoms with Gasteiger partial charge in [0, 0.05) is 6.42 Å². The van der Waals surface area contributed by atoms with E-state index in [1.165, 1.54) is 411 Å². The molecule has 0 aromatic heterocycles. The maximum absolute atomic E-state index is 12.6. The summed E-state index contributed by atoms with van der Waals surface area (Å²) < 4.78 is 0. The molecule has 1 amide bonds. The van der Waals surface area contributed by atoms with E-state index in [0.717, 1.165) is 32.1 Å². The number of aliphatic hydroxyl groups excluding tert-OH is 2. The molecule has 0 saturated carbocycles. The second kappa shape index (κ2) is 77.9. The zero-order valence-corrected chi connectivity index (χ0v) is 59.1. The molecule has 510 valence electrons. The summed E-state index contributed by atoms with van der Waals surface area (Å²) in [4.78, 5) is 12.6. The summed E-state index contributed by atoms with van der Waals surface area (Å²) in [5.41, 5.74) is 0. The van der Waals surface area contributed by atoms with E-state index in [0.29, 0.717) is 6.42 Å². The molecule has 0 heterocycles. The molecule has 4 heteroatoms. The topological polar surface area (TPSA) is 69.6 Å². The van der Waals surface area contributed by atoms with Crippen molar-refractivity contribution in [2.75, 3.05) is 6.61 Å². The third-order valence-electron chi connectivity index (χ3n) is 19.1. The van der Waals surface area contributed by atoms with Crippen LogP contribution in [0.1, 0.15) is 463 Å². The van der Waals surface area contributed by atoms with Crippen LogP contribution < -0.4 is 5.32 Å². The van der Waals surface area contributed by atoms with Crippen LogP contribution in [0.25, 0.3) is 0 Å². The predicted molar refractivity (Wildman–Crippen MR) is 387 cm³/mol. The Kier molecular flexibility index (Phi) is 76.6. The van der Waals surface area contributed by atoms with Gasteiger partial charge >= 0.3 is 0 Å². The number of allylic oxidation sites excluding steroid dienone is 5. The van der Waals surface area contributed by atoms with Crippen molar-refractivity contribution >= 4 is 5.91 Å². The van der Waals surface area contributed by atoms with Crippen molar-refractivity contribution in [3.63, 3.8) is 0 Å². The molecule has 2 unspecified atom stereocenters. The summed E-state index contributed by atoms with van der Waals surface area (Å²) in [5.74, 6) is -0.0531. The Balaban J connectivity index is 3.37. The Morgan fingerprint density at radius 1 is 0.279 bits per heavy atom. The van der Waals surface area contributed by atoms with Crippen LogP contribution in [0.3, 0.4) is 0 Å². The Hall–Kier alpha value is -1.39. The molecule has 0 aliphatic rings. The third kappa shape index (κ3) is 73.3. The fourth-order valence-electron chi connectivity index (χ4n) is 13.0. The highest BCUT2D eigenvalue weighted by molar-refractivity contribution is 5.76. The largest absolute Gasteiger partial charge is 0.394 e. The van der Waals surface area contributed by atoms with Crippen LogP contribution in [0, 0.1) is 0 Å². The third-order valence-corrected chi connectivity index (χ3v) is 19.1. The highest BCUT2D eigenvalue weighted by Crippen LogP contribution is 2.20. The molecule has 0 aliphatic heterocycles. The van der Waals surface area contributed by atoms with Gasteiger partial charge in [0.15, 0.2) is 0 Å². The lowest BCUT2D eigenvalue weighted by Gasteiger charge is -2.20. The number of nitrogens with one attached hydrogen (secondary N) is 1. The smallest absolute Gasteiger partial charge is 0.220 e. The van der Waals surface area contributed by atoms with Crippen LogP contribution in [-0.2, 0) is 4.79 Å². The van der Waals surface area contributed by atoms with E-state index in [1.54, 1.807) is 6.08 Å². The van der Waals surface area contributed by atoms with Gasteiger partial charge in [0.05, 0.1) is 18.8 Å². The number of hydrogen-bond acceptors (Lipinski definition) is 3. The maximum atomic E-state index is 12.6. The number of hydrogen-bond donors (Lipinski definition) is 3. The summed E-state index contributed by atoms with van der Waals surface area (Å²) in [6.45, 7) is 4.35. The molecule has 2 atom stereocenters. The average Bonchev–Trinajstić information content (AvgIpc) is 3.59. The van der Waals surface area contributed by atoms with Gasteiger partial charge < -0.3 is 15.5 Å². The number of rotatable bonds is 76. The van der Waals surface area contributed by atoms with E-state index in [-0.39, 0.29) is 12.5 Å². The Morgan fingerprint density at radius 2 is 0.477 bits per heavy atom. The molecule has 0 saturated heterocycles. The molecule has 0 spiro atoms. The number of amides is 1. The minimum absolute atomic E-state index is 0.0531. The van der Waals surface area contributed by atoms with Crippen molar-refractivity contribution in [1.29, 1.82) is 0 Å². The van der Waals surface area contributed by atoms with E-state index in [1.807, 2.05) is 6.08 Å². The minimum atomic E-state index is -0.840. The van der Waals surface area contributed by atoms with Gasteiger partial charge in [-0.2, -0.15) is 0 Å². The van der Waals surface area contributed by atoms with Crippen molar-refractivity contribution in [3.05, 3.63) is 36.5 Å². The highest BCUT2D eigenvalue weighted by atomic mass is 16.3. The van der Waals surface area contributed by atoms with E-state index < -0.39 is 12.1 Å². The number of aliphatic hydroxyl groups is 2. The fraction of sp³-hybridized carbons (Fsp3) is 0.915. The van der Waals surface area contributed by atoms with E-state index in [9.17, 15) is 15.0 Å². The summed E-state index contributed by atoms with van der Waals surface area (Å²) in [6, 6.07) is -0.622. The van der Waals surface area contributed by atoms with E-state index >= 15 is 0 Å². The lowest BCUT2D eigenvalue weighted by Crippen LogP contribution is -2.45. The first-order valence-corrected chi connectivity index (χ1v) is 40.2. The highest BCUT2D eigenvalue weighted by Gasteiger charge is 2.18. The van der Waals surface area contributed by atoms with Crippen LogP contribution in [0.15, 0.2) is 36.5 Å². The van der Waals surface area contributed by atoms with Gasteiger partial charge in [-0.05, 0) is 51.4 Å². The van der Waals surface area contributed by atoms with E-state index in [4.69, 9.17) is 0 Å². The van der Waals surface area contributed by atoms with Crippen LogP contribution in [0.5, 0.6) is 0 Å². The lowest BCUT2D eigenvalue weighted by molar-refractivity contribution is -0.123. The Morgan fingerprint density at radius 3 is 0.698 bits per heavy atom. The first-order valence-electron chi connectivity index (χ1n) is 40.2. The zero-order chi connectivity index (χ0) is 61.9. The molecule has 0 aromatic rings. The molecular formula is C82H159NO3. The maximum Gasteiger partial charge on any atom is 0.220 e. The van der Waals surface area contributed by atoms with Crippen molar-refractivity contribution in [3.8, 4) is 0 Å². The summed E-state index contributed by atoms with van der Waals surface area (Å²) in [5, 5.41) is 23.4. The zero-order valence-electron chi connectivity index (χ0n) is 59.1. The molecule has 4 nitrogen and oxygen atoms in total. The number of unbranched alkanes of at least 4 members (excludes halogenated alkanes) is 65. The quantitative estimate of drug-likeness (QED) is 0.0420. The lowest BCUT2D eigenvalue weighted by atomic mass is 10.0. The fourth-order valence-corrected chi connectivity index (χ4v) is 13.0. The van der Waals surface area contributed by atoms with Crippen molar-refractivity contribution in [2.45, 2.75) is 475 Å². The molecule has 3 N–H and O–H groups in total. The van der Waals surface area contributed by atoms with Crippen molar-refractivity contribution in [2.24, 2.45) is 0 Å². The Labute approximate surface area is 542 Å². The second-order valence-electron chi connectivity index (χ2n) is 27.8. The van der Waals surface area contributed by atoms with Crippen molar-refractivity contribution in [1.82, 2.24) is 5.32 Å². The standard InChI is InChI=1S/C82H159NO3/c1-3-5-7-9-11-13-15-17-19-21-23-25-27-29-31-33-35-37-38-39-40-41-42-43-44-46-48-50-52-54-56-58-60-62-64-66-68-70-72-74-76-78-82(86)83-80(79-84)81(85)77-75-73-71-69-67-65-63-61-59-57-55-53-51-49-47-45-36-34-32-30-28-26-24-22-20-18-16-14-12-10-8-6-4-2/h15,17,21,23,75,77,80-81,84-85H,3-14,16,18-20,22,24-74,76,78-79H2,1-2H3,(H,83,86)/b17-15-,23-21-,77-75+. The van der Waals surface area contributed by atoms with Crippen molar-refractivity contribution < 1.29 is 15.0 Å². The molecule has 0 aromatic carbocycles. The first kappa shape index (κ1) is 84.6. The monoisotopic (exact) mass is 1210 g/mol. The molecular weight excluding hydrogens is 1050 g/mol. The molecule has 0 bridgehead atoms. The van der Waals surface area contributed by atoms with E-state index in [2.05, 4.69) is 43.5 Å². The number of carbonyl (C=O) groups is 1. The van der Waals surface area contributed by atoms with Gasteiger partial charge in [-0.3, -0.25) is 4.79 Å². The second-order valence-corrected chi connectivity index (χ2v) is 27.8. The van der Waals surface area contributed by atoms with Gasteiger partial charge in [0.1, 0.15) is 0 Å². The summed E-state index contributed by atoms with van der Waals surface area (Å²) in [6.07, 6.45) is 109. The van der Waals surface area contributed by atoms with Gasteiger partial charge in [0.25, 0.3) is 0 Å². The number of carbonyl (C=O) groups excluding carboxylic acids is 1. The molecule has 0 fully saturated rings. The predicted octanol–water partition coefficient (Wildman–Crippen LogP) is 27.8.